The number of allylic oxidation sites excluding steroid dienone is 1. The summed E-state index contributed by atoms with van der Waals surface area (Å²) < 4.78 is 1.99. The van der Waals surface area contributed by atoms with Crippen LogP contribution in [0.25, 0.3) is 0 Å². The first-order valence-electron chi connectivity index (χ1n) is 10.1. The zero-order valence-corrected chi connectivity index (χ0v) is 20.8. The van der Waals surface area contributed by atoms with Crippen molar-refractivity contribution in [2.45, 2.75) is 36.6 Å². The van der Waals surface area contributed by atoms with Gasteiger partial charge in [-0.25, -0.2) is 0 Å². The average Bonchev–Trinajstić information content (AvgIpc) is 3.17. The van der Waals surface area contributed by atoms with E-state index in [2.05, 4.69) is 29.0 Å². The molecule has 168 valence electrons. The number of aryl methyl sites for hydroxylation is 1. The molecule has 9 heteroatoms. The number of hydrogen-bond donors (Lipinski definition) is 1. The van der Waals surface area contributed by atoms with Crippen molar-refractivity contribution in [2.75, 3.05) is 11.1 Å². The molecule has 5 nitrogen and oxygen atoms in total. The third-order valence-electron chi connectivity index (χ3n) is 4.57. The van der Waals surface area contributed by atoms with Gasteiger partial charge in [0.15, 0.2) is 5.16 Å². The molecule has 3 rings (SSSR count). The summed E-state index contributed by atoms with van der Waals surface area (Å²) in [5, 5.41) is 13.3. The fraction of sp³-hybridized carbons (Fsp3) is 0.261. The normalized spacial score (nSPS) is 10.8. The number of hydrogen-bond acceptors (Lipinski definition) is 5. The van der Waals surface area contributed by atoms with Crippen LogP contribution in [0.15, 0.2) is 60.3 Å². The topological polar surface area (TPSA) is 59.8 Å². The van der Waals surface area contributed by atoms with Crippen LogP contribution in [0, 0.1) is 0 Å². The molecule has 0 unspecified atom stereocenters. The standard InChI is InChI=1S/C23H24Cl2N4OS2/c1-3-11-29-21(14-31-13-17-7-10-19(24)20(25)12-17)27-28-23(29)32-15-22(30)26-18-8-5-16(4-2)6-9-18/h3,5-10,12H,1,4,11,13-15H2,2H3,(H,26,30). The Kier molecular flexibility index (Phi) is 9.53. The molecule has 1 heterocycles. The Morgan fingerprint density at radius 1 is 1.09 bits per heavy atom. The van der Waals surface area contributed by atoms with Gasteiger partial charge < -0.3 is 9.88 Å². The fourth-order valence-electron chi connectivity index (χ4n) is 2.89. The molecule has 0 radical (unpaired) electrons. The second-order valence-corrected chi connectivity index (χ2v) is 9.67. The highest BCUT2D eigenvalue weighted by atomic mass is 35.5. The summed E-state index contributed by atoms with van der Waals surface area (Å²) in [6.45, 7) is 6.51. The van der Waals surface area contributed by atoms with Gasteiger partial charge >= 0.3 is 0 Å². The maximum atomic E-state index is 12.4. The summed E-state index contributed by atoms with van der Waals surface area (Å²) >= 11 is 15.1. The predicted octanol–water partition coefficient (Wildman–Crippen LogP) is 6.50. The van der Waals surface area contributed by atoms with E-state index >= 15 is 0 Å². The minimum Gasteiger partial charge on any atom is -0.325 e. The van der Waals surface area contributed by atoms with Crippen molar-refractivity contribution in [3.05, 3.63) is 82.1 Å². The summed E-state index contributed by atoms with van der Waals surface area (Å²) in [5.74, 6) is 2.47. The lowest BCUT2D eigenvalue weighted by Crippen LogP contribution is -2.14. The van der Waals surface area contributed by atoms with Crippen LogP contribution in [0.2, 0.25) is 10.0 Å². The summed E-state index contributed by atoms with van der Waals surface area (Å²) in [6.07, 6.45) is 2.77. The SMILES string of the molecule is C=CCn1c(CSCc2ccc(Cl)c(Cl)c2)nnc1SCC(=O)Nc1ccc(CC)cc1. The third kappa shape index (κ3) is 7.04. The number of nitrogens with one attached hydrogen (secondary N) is 1. The van der Waals surface area contributed by atoms with Crippen molar-refractivity contribution < 1.29 is 4.79 Å². The van der Waals surface area contributed by atoms with Gasteiger partial charge in [-0.05, 0) is 41.8 Å². The maximum Gasteiger partial charge on any atom is 0.234 e. The van der Waals surface area contributed by atoms with Gasteiger partial charge in [0.25, 0.3) is 0 Å². The molecule has 3 aromatic rings. The predicted molar refractivity (Wildman–Crippen MR) is 137 cm³/mol. The Morgan fingerprint density at radius 3 is 2.53 bits per heavy atom. The van der Waals surface area contributed by atoms with E-state index in [-0.39, 0.29) is 11.7 Å². The number of carbonyl (C=O) groups is 1. The highest BCUT2D eigenvalue weighted by Gasteiger charge is 2.14. The first-order valence-corrected chi connectivity index (χ1v) is 13.0. The second-order valence-electron chi connectivity index (χ2n) is 6.93. The van der Waals surface area contributed by atoms with Gasteiger partial charge in [-0.2, -0.15) is 0 Å². The Morgan fingerprint density at radius 2 is 1.84 bits per heavy atom. The molecule has 2 aromatic carbocycles. The van der Waals surface area contributed by atoms with Crippen LogP contribution in [0.3, 0.4) is 0 Å². The minimum atomic E-state index is -0.0806. The summed E-state index contributed by atoms with van der Waals surface area (Å²) in [7, 11) is 0. The van der Waals surface area contributed by atoms with Gasteiger partial charge in [0.2, 0.25) is 5.91 Å². The van der Waals surface area contributed by atoms with Gasteiger partial charge in [-0.1, -0.05) is 66.2 Å². The molecule has 0 aliphatic carbocycles. The quantitative estimate of drug-likeness (QED) is 0.237. The van der Waals surface area contributed by atoms with E-state index in [9.17, 15) is 4.79 Å². The molecule has 0 aliphatic rings. The van der Waals surface area contributed by atoms with E-state index in [0.717, 1.165) is 29.2 Å². The first kappa shape index (κ1) is 24.7. The Bertz CT molecular complexity index is 1070. The van der Waals surface area contributed by atoms with E-state index < -0.39 is 0 Å². The smallest absolute Gasteiger partial charge is 0.234 e. The number of amides is 1. The Balaban J connectivity index is 1.55. The van der Waals surface area contributed by atoms with Crippen LogP contribution in [0.1, 0.15) is 23.9 Å². The van der Waals surface area contributed by atoms with Crippen molar-refractivity contribution in [1.29, 1.82) is 0 Å². The zero-order valence-electron chi connectivity index (χ0n) is 17.7. The number of aromatic nitrogens is 3. The fourth-order valence-corrected chi connectivity index (χ4v) is 4.89. The molecule has 0 fully saturated rings. The van der Waals surface area contributed by atoms with Crippen molar-refractivity contribution in [3.8, 4) is 0 Å². The molecule has 32 heavy (non-hydrogen) atoms. The van der Waals surface area contributed by atoms with E-state index in [0.29, 0.717) is 27.5 Å². The van der Waals surface area contributed by atoms with Gasteiger partial charge in [0.1, 0.15) is 5.82 Å². The first-order chi connectivity index (χ1) is 15.5. The van der Waals surface area contributed by atoms with Gasteiger partial charge in [0.05, 0.1) is 21.6 Å². The molecular weight excluding hydrogens is 483 g/mol. The van der Waals surface area contributed by atoms with Crippen LogP contribution >= 0.6 is 46.7 Å². The minimum absolute atomic E-state index is 0.0806. The van der Waals surface area contributed by atoms with Crippen molar-refractivity contribution in [1.82, 2.24) is 14.8 Å². The number of thioether (sulfide) groups is 2. The van der Waals surface area contributed by atoms with Crippen LogP contribution in [-0.2, 0) is 29.3 Å². The van der Waals surface area contributed by atoms with Gasteiger partial charge in [-0.3, -0.25) is 4.79 Å². The number of carbonyl (C=O) groups excluding carboxylic acids is 1. The van der Waals surface area contributed by atoms with Crippen LogP contribution in [0.4, 0.5) is 5.69 Å². The molecule has 1 aromatic heterocycles. The number of halogens is 2. The zero-order chi connectivity index (χ0) is 22.9. The highest BCUT2D eigenvalue weighted by Crippen LogP contribution is 2.26. The van der Waals surface area contributed by atoms with Crippen LogP contribution in [0.5, 0.6) is 0 Å². The molecule has 0 aliphatic heterocycles. The Hall–Kier alpha value is -1.93. The molecule has 0 spiro atoms. The largest absolute Gasteiger partial charge is 0.325 e. The molecule has 0 saturated carbocycles. The summed E-state index contributed by atoms with van der Waals surface area (Å²) in [6, 6.07) is 13.5. The lowest BCUT2D eigenvalue weighted by atomic mass is 10.1. The lowest BCUT2D eigenvalue weighted by Gasteiger charge is -2.09. The van der Waals surface area contributed by atoms with Gasteiger partial charge in [-0.15, -0.1) is 28.5 Å². The second kappa shape index (κ2) is 12.3. The van der Waals surface area contributed by atoms with E-state index in [1.165, 1.54) is 17.3 Å². The molecule has 0 atom stereocenters. The van der Waals surface area contributed by atoms with E-state index in [4.69, 9.17) is 23.2 Å². The van der Waals surface area contributed by atoms with Crippen molar-refractivity contribution in [2.24, 2.45) is 0 Å². The van der Waals surface area contributed by atoms with Crippen LogP contribution in [-0.4, -0.2) is 26.4 Å². The van der Waals surface area contributed by atoms with Gasteiger partial charge in [0, 0.05) is 18.0 Å². The average molecular weight is 508 g/mol. The summed E-state index contributed by atoms with van der Waals surface area (Å²) in [4.78, 5) is 12.4. The molecule has 0 saturated heterocycles. The number of nitrogens with zero attached hydrogens (tertiary/aromatic N) is 3. The van der Waals surface area contributed by atoms with Crippen LogP contribution < -0.4 is 5.32 Å². The number of anilines is 1. The number of rotatable bonds is 11. The lowest BCUT2D eigenvalue weighted by molar-refractivity contribution is -0.113. The molecule has 0 bridgehead atoms. The third-order valence-corrected chi connectivity index (χ3v) is 7.27. The monoisotopic (exact) mass is 506 g/mol. The Labute approximate surface area is 207 Å². The molecule has 1 N–H and O–H groups in total. The maximum absolute atomic E-state index is 12.4. The van der Waals surface area contributed by atoms with Crippen molar-refractivity contribution >= 4 is 58.3 Å². The summed E-state index contributed by atoms with van der Waals surface area (Å²) in [5.41, 5.74) is 3.12. The molecular formula is C23H24Cl2N4OS2. The molecule has 1 amide bonds. The van der Waals surface area contributed by atoms with E-state index in [1.54, 1.807) is 23.9 Å². The highest BCUT2D eigenvalue weighted by molar-refractivity contribution is 7.99. The van der Waals surface area contributed by atoms with Crippen molar-refractivity contribution in [3.63, 3.8) is 0 Å². The number of benzene rings is 2. The van der Waals surface area contributed by atoms with E-state index in [1.807, 2.05) is 41.0 Å².